The topological polar surface area (TPSA) is 64.6 Å². The van der Waals surface area contributed by atoms with Crippen molar-refractivity contribution in [2.45, 2.75) is 25.9 Å². The average Bonchev–Trinajstić information content (AvgIpc) is 2.82. The Morgan fingerprint density at radius 3 is 2.95 bits per heavy atom. The molecule has 0 aromatic heterocycles. The second kappa shape index (κ2) is 6.22. The van der Waals surface area contributed by atoms with Gasteiger partial charge in [-0.05, 0) is 18.6 Å². The zero-order chi connectivity index (χ0) is 13.7. The van der Waals surface area contributed by atoms with Gasteiger partial charge in [-0.1, -0.05) is 18.2 Å². The van der Waals surface area contributed by atoms with Crippen LogP contribution in [-0.2, 0) is 20.7 Å². The lowest BCUT2D eigenvalue weighted by Crippen LogP contribution is -2.38. The van der Waals surface area contributed by atoms with Crippen LogP contribution in [0, 0.1) is 0 Å². The molecule has 1 aliphatic rings. The lowest BCUT2D eigenvalue weighted by Gasteiger charge is -2.10. The van der Waals surface area contributed by atoms with Gasteiger partial charge in [0.15, 0.2) is 6.10 Å². The molecule has 1 N–H and O–H groups in total. The molecule has 0 spiro atoms. The first-order valence-corrected chi connectivity index (χ1v) is 6.38. The van der Waals surface area contributed by atoms with Crippen molar-refractivity contribution in [3.8, 4) is 5.75 Å². The largest absolute Gasteiger partial charge is 0.480 e. The fourth-order valence-corrected chi connectivity index (χ4v) is 1.96. The molecule has 0 saturated heterocycles. The standard InChI is InChI=1S/C14H17NO4/c1-2-18-13(16)7-8-15-14(17)12-9-10-5-3-4-6-11(10)19-12/h3-6,12H,2,7-9H2,1H3,(H,15,17). The Hall–Kier alpha value is -2.04. The summed E-state index contributed by atoms with van der Waals surface area (Å²) in [6.45, 7) is 2.38. The highest BCUT2D eigenvalue weighted by Gasteiger charge is 2.28. The maximum atomic E-state index is 11.9. The zero-order valence-electron chi connectivity index (χ0n) is 10.8. The fraction of sp³-hybridized carbons (Fsp3) is 0.429. The summed E-state index contributed by atoms with van der Waals surface area (Å²) in [5.74, 6) is 0.256. The number of hydrogen-bond acceptors (Lipinski definition) is 4. The quantitative estimate of drug-likeness (QED) is 0.807. The number of hydrogen-bond donors (Lipinski definition) is 1. The first-order valence-electron chi connectivity index (χ1n) is 6.38. The third kappa shape index (κ3) is 3.47. The molecule has 1 aromatic carbocycles. The smallest absolute Gasteiger partial charge is 0.307 e. The van der Waals surface area contributed by atoms with Crippen LogP contribution in [0.4, 0.5) is 0 Å². The van der Waals surface area contributed by atoms with E-state index in [1.807, 2.05) is 24.3 Å². The van der Waals surface area contributed by atoms with Crippen molar-refractivity contribution in [3.63, 3.8) is 0 Å². The number of ether oxygens (including phenoxy) is 2. The van der Waals surface area contributed by atoms with Gasteiger partial charge in [0.05, 0.1) is 13.0 Å². The molecule has 1 aromatic rings. The molecule has 1 amide bonds. The van der Waals surface area contributed by atoms with E-state index in [4.69, 9.17) is 9.47 Å². The van der Waals surface area contributed by atoms with Gasteiger partial charge in [0.1, 0.15) is 5.75 Å². The minimum Gasteiger partial charge on any atom is -0.480 e. The Kier molecular flexibility index (Phi) is 4.39. The number of carbonyl (C=O) groups excluding carboxylic acids is 2. The van der Waals surface area contributed by atoms with Gasteiger partial charge in [-0.25, -0.2) is 0 Å². The van der Waals surface area contributed by atoms with Crippen LogP contribution in [0.5, 0.6) is 5.75 Å². The molecular weight excluding hydrogens is 246 g/mol. The molecule has 0 aliphatic carbocycles. The van der Waals surface area contributed by atoms with Crippen molar-refractivity contribution in [2.24, 2.45) is 0 Å². The van der Waals surface area contributed by atoms with Gasteiger partial charge in [0.25, 0.3) is 5.91 Å². The summed E-state index contributed by atoms with van der Waals surface area (Å²) in [7, 11) is 0. The number of benzene rings is 1. The molecule has 0 fully saturated rings. The van der Waals surface area contributed by atoms with Crippen LogP contribution in [0.15, 0.2) is 24.3 Å². The number of nitrogens with one attached hydrogen (secondary N) is 1. The van der Waals surface area contributed by atoms with Crippen molar-refractivity contribution in [2.75, 3.05) is 13.2 Å². The summed E-state index contributed by atoms with van der Waals surface area (Å²) < 4.78 is 10.3. The molecule has 1 unspecified atom stereocenters. The molecule has 102 valence electrons. The predicted molar refractivity (Wildman–Crippen MR) is 68.8 cm³/mol. The van der Waals surface area contributed by atoms with Gasteiger partial charge in [-0.3, -0.25) is 9.59 Å². The van der Waals surface area contributed by atoms with E-state index < -0.39 is 6.10 Å². The van der Waals surface area contributed by atoms with Crippen LogP contribution < -0.4 is 10.1 Å². The molecule has 5 heteroatoms. The van der Waals surface area contributed by atoms with E-state index in [2.05, 4.69) is 5.32 Å². The van der Waals surface area contributed by atoms with E-state index in [1.165, 1.54) is 0 Å². The van der Waals surface area contributed by atoms with E-state index in [9.17, 15) is 9.59 Å². The summed E-state index contributed by atoms with van der Waals surface area (Å²) in [4.78, 5) is 23.0. The third-order valence-electron chi connectivity index (χ3n) is 2.87. The van der Waals surface area contributed by atoms with E-state index in [0.717, 1.165) is 11.3 Å². The second-order valence-electron chi connectivity index (χ2n) is 4.26. The fourth-order valence-electron chi connectivity index (χ4n) is 1.96. The minimum absolute atomic E-state index is 0.180. The first-order chi connectivity index (χ1) is 9.20. The molecule has 0 radical (unpaired) electrons. The molecule has 0 saturated carbocycles. The van der Waals surface area contributed by atoms with Gasteiger partial charge in [0, 0.05) is 13.0 Å². The number of fused-ring (bicyclic) bond motifs is 1. The normalized spacial score (nSPS) is 16.4. The van der Waals surface area contributed by atoms with Crippen molar-refractivity contribution in [1.29, 1.82) is 0 Å². The van der Waals surface area contributed by atoms with E-state index >= 15 is 0 Å². The van der Waals surface area contributed by atoms with Crippen molar-refractivity contribution in [3.05, 3.63) is 29.8 Å². The summed E-state index contributed by atoms with van der Waals surface area (Å²) in [6, 6.07) is 7.59. The number of para-hydroxylation sites is 1. The first kappa shape index (κ1) is 13.4. The lowest BCUT2D eigenvalue weighted by molar-refractivity contribution is -0.143. The highest BCUT2D eigenvalue weighted by atomic mass is 16.5. The summed E-state index contributed by atoms with van der Waals surface area (Å²) >= 11 is 0. The second-order valence-corrected chi connectivity index (χ2v) is 4.26. The van der Waals surface area contributed by atoms with Crippen LogP contribution in [-0.4, -0.2) is 31.1 Å². The highest BCUT2D eigenvalue weighted by molar-refractivity contribution is 5.83. The van der Waals surface area contributed by atoms with Gasteiger partial charge < -0.3 is 14.8 Å². The molecular formula is C14H17NO4. The Morgan fingerprint density at radius 1 is 1.42 bits per heavy atom. The molecule has 1 aliphatic heterocycles. The van der Waals surface area contributed by atoms with Gasteiger partial charge in [-0.15, -0.1) is 0 Å². The van der Waals surface area contributed by atoms with Crippen molar-refractivity contribution < 1.29 is 19.1 Å². The highest BCUT2D eigenvalue weighted by Crippen LogP contribution is 2.27. The Balaban J connectivity index is 1.76. The van der Waals surface area contributed by atoms with Crippen LogP contribution in [0.1, 0.15) is 18.9 Å². The summed E-state index contributed by atoms with van der Waals surface area (Å²) in [6.07, 6.45) is 0.250. The Morgan fingerprint density at radius 2 is 2.21 bits per heavy atom. The summed E-state index contributed by atoms with van der Waals surface area (Å²) in [5.41, 5.74) is 1.04. The number of amides is 1. The number of esters is 1. The Labute approximate surface area is 111 Å². The van der Waals surface area contributed by atoms with Crippen LogP contribution >= 0.6 is 0 Å². The van der Waals surface area contributed by atoms with Gasteiger partial charge in [-0.2, -0.15) is 0 Å². The molecule has 5 nitrogen and oxygen atoms in total. The van der Waals surface area contributed by atoms with Crippen LogP contribution in [0.25, 0.3) is 0 Å². The van der Waals surface area contributed by atoms with E-state index in [1.54, 1.807) is 6.92 Å². The van der Waals surface area contributed by atoms with Gasteiger partial charge in [0.2, 0.25) is 0 Å². The maximum Gasteiger partial charge on any atom is 0.307 e. The predicted octanol–water partition coefficient (Wildman–Crippen LogP) is 1.06. The minimum atomic E-state index is -0.500. The van der Waals surface area contributed by atoms with Gasteiger partial charge >= 0.3 is 5.97 Å². The average molecular weight is 263 g/mol. The monoisotopic (exact) mass is 263 g/mol. The number of carbonyl (C=O) groups is 2. The lowest BCUT2D eigenvalue weighted by atomic mass is 10.1. The van der Waals surface area contributed by atoms with Crippen LogP contribution in [0.2, 0.25) is 0 Å². The Bertz CT molecular complexity index is 447. The maximum absolute atomic E-state index is 11.9. The molecule has 1 atom stereocenters. The molecule has 1 heterocycles. The van der Waals surface area contributed by atoms with E-state index in [-0.39, 0.29) is 24.8 Å². The van der Waals surface area contributed by atoms with Crippen LogP contribution in [0.3, 0.4) is 0 Å². The SMILES string of the molecule is CCOC(=O)CCNC(=O)C1Cc2ccccc2O1. The van der Waals surface area contributed by atoms with Crippen molar-refractivity contribution >= 4 is 11.9 Å². The third-order valence-corrected chi connectivity index (χ3v) is 2.87. The van der Waals surface area contributed by atoms with Crippen molar-refractivity contribution in [1.82, 2.24) is 5.32 Å². The molecule has 2 rings (SSSR count). The number of rotatable bonds is 5. The van der Waals surface area contributed by atoms with E-state index in [0.29, 0.717) is 13.0 Å². The molecule has 19 heavy (non-hydrogen) atoms. The zero-order valence-corrected chi connectivity index (χ0v) is 10.8. The summed E-state index contributed by atoms with van der Waals surface area (Å²) in [5, 5.41) is 2.68. The molecule has 0 bridgehead atoms.